The zero-order valence-electron chi connectivity index (χ0n) is 12.5. The van der Waals surface area contributed by atoms with Crippen molar-refractivity contribution in [3.63, 3.8) is 0 Å². The molecule has 3 N–H and O–H groups in total. The van der Waals surface area contributed by atoms with Crippen LogP contribution in [0.1, 0.15) is 24.0 Å². The molecule has 0 spiro atoms. The zero-order chi connectivity index (χ0) is 15.7. The fourth-order valence-corrected chi connectivity index (χ4v) is 4.93. The van der Waals surface area contributed by atoms with Crippen LogP contribution in [0.4, 0.5) is 0 Å². The van der Waals surface area contributed by atoms with Crippen molar-refractivity contribution in [2.75, 3.05) is 6.26 Å². The number of benzene rings is 1. The molecule has 7 heteroatoms. The van der Waals surface area contributed by atoms with Crippen LogP contribution in [-0.2, 0) is 15.6 Å². The highest BCUT2D eigenvalue weighted by Gasteiger charge is 2.62. The first kappa shape index (κ1) is 14.2. The monoisotopic (exact) mass is 321 g/mol. The van der Waals surface area contributed by atoms with E-state index in [1.807, 2.05) is 19.1 Å². The van der Waals surface area contributed by atoms with Crippen LogP contribution in [0.2, 0.25) is 0 Å². The van der Waals surface area contributed by atoms with E-state index in [0.717, 1.165) is 22.0 Å². The van der Waals surface area contributed by atoms with Crippen molar-refractivity contribution in [1.82, 2.24) is 14.9 Å². The summed E-state index contributed by atoms with van der Waals surface area (Å²) < 4.78 is 25.4. The van der Waals surface area contributed by atoms with Gasteiger partial charge in [-0.2, -0.15) is 5.10 Å². The van der Waals surface area contributed by atoms with Gasteiger partial charge >= 0.3 is 0 Å². The predicted octanol–water partition coefficient (Wildman–Crippen LogP) is 1.02. The van der Waals surface area contributed by atoms with E-state index < -0.39 is 15.6 Å². The summed E-state index contributed by atoms with van der Waals surface area (Å²) in [6.45, 7) is 2.00. The van der Waals surface area contributed by atoms with Gasteiger partial charge in [0.15, 0.2) is 0 Å². The molecule has 1 heterocycles. The summed E-state index contributed by atoms with van der Waals surface area (Å²) in [6.07, 6.45) is 4.12. The molecule has 4 atom stereocenters. The average Bonchev–Trinajstić information content (AvgIpc) is 2.83. The molecule has 2 aliphatic rings. The molecule has 2 unspecified atom stereocenters. The van der Waals surface area contributed by atoms with Crippen molar-refractivity contribution < 1.29 is 13.5 Å². The molecule has 6 nitrogen and oxygen atoms in total. The van der Waals surface area contributed by atoms with E-state index in [2.05, 4.69) is 14.9 Å². The molecule has 2 fully saturated rings. The van der Waals surface area contributed by atoms with Gasteiger partial charge in [0.2, 0.25) is 10.0 Å². The minimum Gasteiger partial charge on any atom is -0.385 e. The first-order valence-corrected chi connectivity index (χ1v) is 9.30. The Morgan fingerprint density at radius 3 is 2.68 bits per heavy atom. The van der Waals surface area contributed by atoms with E-state index in [4.69, 9.17) is 0 Å². The van der Waals surface area contributed by atoms with Gasteiger partial charge in [-0.25, -0.2) is 13.1 Å². The van der Waals surface area contributed by atoms with Crippen LogP contribution < -0.4 is 4.72 Å². The molecule has 118 valence electrons. The minimum atomic E-state index is -3.18. The van der Waals surface area contributed by atoms with Crippen molar-refractivity contribution in [3.05, 3.63) is 29.5 Å². The van der Waals surface area contributed by atoms with Crippen LogP contribution in [0.3, 0.4) is 0 Å². The number of aromatic amines is 1. The van der Waals surface area contributed by atoms with E-state index in [9.17, 15) is 13.5 Å². The Balaban J connectivity index is 1.64. The summed E-state index contributed by atoms with van der Waals surface area (Å²) in [5.41, 5.74) is 2.02. The highest BCUT2D eigenvalue weighted by atomic mass is 32.2. The highest BCUT2D eigenvalue weighted by Crippen LogP contribution is 2.60. The smallest absolute Gasteiger partial charge is 0.208 e. The molecule has 1 aromatic carbocycles. The van der Waals surface area contributed by atoms with Crippen LogP contribution in [0.5, 0.6) is 0 Å². The number of hydrogen-bond acceptors (Lipinski definition) is 4. The number of sulfonamides is 1. The van der Waals surface area contributed by atoms with E-state index in [0.29, 0.717) is 12.8 Å². The molecule has 2 saturated carbocycles. The molecule has 0 saturated heterocycles. The maximum absolute atomic E-state index is 11.3. The lowest BCUT2D eigenvalue weighted by Gasteiger charge is -2.27. The molecular weight excluding hydrogens is 302 g/mol. The van der Waals surface area contributed by atoms with Crippen LogP contribution in [0.15, 0.2) is 18.3 Å². The minimum absolute atomic E-state index is 0.0140. The number of nitrogens with one attached hydrogen (secondary N) is 2. The van der Waals surface area contributed by atoms with Gasteiger partial charge in [0.25, 0.3) is 0 Å². The lowest BCUT2D eigenvalue weighted by Crippen LogP contribution is -2.32. The third-order valence-electron chi connectivity index (χ3n) is 5.03. The summed E-state index contributed by atoms with van der Waals surface area (Å²) in [4.78, 5) is 0. The molecular formula is C15H19N3O3S. The number of rotatable bonds is 3. The Bertz CT molecular complexity index is 846. The second kappa shape index (κ2) is 4.31. The van der Waals surface area contributed by atoms with Crippen molar-refractivity contribution in [2.24, 2.45) is 11.8 Å². The van der Waals surface area contributed by atoms with Crippen LogP contribution in [-0.4, -0.2) is 36.0 Å². The van der Waals surface area contributed by atoms with Crippen molar-refractivity contribution in [3.8, 4) is 0 Å². The van der Waals surface area contributed by atoms with Crippen LogP contribution in [0.25, 0.3) is 10.9 Å². The number of H-pyrrole nitrogens is 1. The number of aryl methyl sites for hydroxylation is 1. The Labute approximate surface area is 129 Å². The van der Waals surface area contributed by atoms with E-state index in [-0.39, 0.29) is 17.9 Å². The van der Waals surface area contributed by atoms with Crippen LogP contribution in [0, 0.1) is 18.8 Å². The predicted molar refractivity (Wildman–Crippen MR) is 82.7 cm³/mol. The third kappa shape index (κ3) is 2.15. The standard InChI is InChI=1S/C15H19N3O3S/c1-8-3-12(11-7-16-17-13(11)4-8)15(19)5-9-10(6-15)14(9)18-22(2,20)21/h3-4,7,9-10,14,18-19H,5-6H2,1-2H3,(H,16,17)/t9-,10+,14?,15?. The molecule has 0 aliphatic heterocycles. The average molecular weight is 321 g/mol. The van der Waals surface area contributed by atoms with E-state index >= 15 is 0 Å². The Morgan fingerprint density at radius 1 is 1.36 bits per heavy atom. The summed E-state index contributed by atoms with van der Waals surface area (Å²) in [7, 11) is -3.18. The van der Waals surface area contributed by atoms with Crippen molar-refractivity contribution in [1.29, 1.82) is 0 Å². The van der Waals surface area contributed by atoms with Gasteiger partial charge in [-0.15, -0.1) is 0 Å². The van der Waals surface area contributed by atoms with Crippen molar-refractivity contribution >= 4 is 20.9 Å². The molecule has 2 aliphatic carbocycles. The van der Waals surface area contributed by atoms with Gasteiger partial charge in [-0.05, 0) is 48.8 Å². The molecule has 0 radical (unpaired) electrons. The number of aromatic nitrogens is 2. The highest BCUT2D eigenvalue weighted by molar-refractivity contribution is 7.88. The third-order valence-corrected chi connectivity index (χ3v) is 5.73. The van der Waals surface area contributed by atoms with E-state index in [1.165, 1.54) is 6.26 Å². The van der Waals surface area contributed by atoms with Gasteiger partial charge in [-0.3, -0.25) is 5.10 Å². The summed E-state index contributed by atoms with van der Waals surface area (Å²) in [5.74, 6) is 0.448. The van der Waals surface area contributed by atoms with E-state index in [1.54, 1.807) is 6.20 Å². The Kier molecular flexibility index (Phi) is 2.77. The summed E-state index contributed by atoms with van der Waals surface area (Å²) in [5, 5.41) is 19.1. The molecule has 22 heavy (non-hydrogen) atoms. The fourth-order valence-electron chi connectivity index (χ4n) is 4.09. The lowest BCUT2D eigenvalue weighted by atomic mass is 9.85. The van der Waals surface area contributed by atoms with Gasteiger partial charge in [0, 0.05) is 11.4 Å². The number of aliphatic hydroxyl groups is 1. The first-order valence-electron chi connectivity index (χ1n) is 7.41. The molecule has 0 amide bonds. The zero-order valence-corrected chi connectivity index (χ0v) is 13.3. The molecule has 0 bridgehead atoms. The number of hydrogen-bond donors (Lipinski definition) is 3. The van der Waals surface area contributed by atoms with Gasteiger partial charge < -0.3 is 5.11 Å². The first-order chi connectivity index (χ1) is 10.3. The lowest BCUT2D eigenvalue weighted by molar-refractivity contribution is 0.0303. The number of fused-ring (bicyclic) bond motifs is 2. The second-order valence-corrected chi connectivity index (χ2v) is 8.61. The maximum atomic E-state index is 11.3. The Morgan fingerprint density at radius 2 is 2.05 bits per heavy atom. The molecule has 4 rings (SSSR count). The molecule has 2 aromatic rings. The summed E-state index contributed by atoms with van der Waals surface area (Å²) >= 11 is 0. The quantitative estimate of drug-likeness (QED) is 0.786. The molecule has 1 aromatic heterocycles. The topological polar surface area (TPSA) is 95.1 Å². The fraction of sp³-hybridized carbons (Fsp3) is 0.533. The Hall–Kier alpha value is -1.44. The van der Waals surface area contributed by atoms with Crippen molar-refractivity contribution in [2.45, 2.75) is 31.4 Å². The van der Waals surface area contributed by atoms with Gasteiger partial charge in [0.05, 0.1) is 23.6 Å². The normalized spacial score (nSPS) is 34.0. The largest absolute Gasteiger partial charge is 0.385 e. The maximum Gasteiger partial charge on any atom is 0.208 e. The SMILES string of the molecule is Cc1cc(C2(O)C[C@@H]3C(NS(C)(=O)=O)[C@@H]3C2)c2cn[nH]c2c1. The number of nitrogens with zero attached hydrogens (tertiary/aromatic N) is 1. The van der Waals surface area contributed by atoms with Gasteiger partial charge in [-0.1, -0.05) is 6.07 Å². The van der Waals surface area contributed by atoms with Gasteiger partial charge in [0.1, 0.15) is 0 Å². The second-order valence-electron chi connectivity index (χ2n) is 6.83. The summed E-state index contributed by atoms with van der Waals surface area (Å²) in [6, 6.07) is 4.01. The van der Waals surface area contributed by atoms with Crippen LogP contribution >= 0.6 is 0 Å².